The number of allylic oxidation sites excluding steroid dienone is 8. The van der Waals surface area contributed by atoms with Crippen LogP contribution in [0.3, 0.4) is 0 Å². The van der Waals surface area contributed by atoms with E-state index < -0.39 is 11.6 Å². The second-order valence-electron chi connectivity index (χ2n) is 4.86. The molecule has 118 valence electrons. The van der Waals surface area contributed by atoms with Crippen molar-refractivity contribution in [3.05, 3.63) is 70.9 Å². The Morgan fingerprint density at radius 3 is 2.32 bits per heavy atom. The highest BCUT2D eigenvalue weighted by Gasteiger charge is 2.16. The van der Waals surface area contributed by atoms with E-state index in [0.29, 0.717) is 5.57 Å². The van der Waals surface area contributed by atoms with E-state index in [4.69, 9.17) is 5.21 Å². The fourth-order valence-electron chi connectivity index (χ4n) is 2.22. The second-order valence-corrected chi connectivity index (χ2v) is 4.86. The fourth-order valence-corrected chi connectivity index (χ4v) is 2.22. The topological polar surface area (TPSA) is 32.3 Å². The third kappa shape index (κ3) is 4.15. The molecular formula is C18H21F2NO. The van der Waals surface area contributed by atoms with E-state index in [0.717, 1.165) is 23.3 Å². The molecule has 0 aliphatic rings. The van der Waals surface area contributed by atoms with E-state index in [1.807, 2.05) is 58.1 Å². The summed E-state index contributed by atoms with van der Waals surface area (Å²) in [5, 5.41) is 8.79. The summed E-state index contributed by atoms with van der Waals surface area (Å²) in [5.74, 6) is -1.33. The summed E-state index contributed by atoms with van der Waals surface area (Å²) in [6.45, 7) is 7.44. The largest absolute Gasteiger partial charge is 0.291 e. The second kappa shape index (κ2) is 8.29. The number of nitrogens with one attached hydrogen (secondary N) is 1. The molecule has 1 aromatic carbocycles. The molecule has 0 unspecified atom stereocenters. The van der Waals surface area contributed by atoms with Gasteiger partial charge in [-0.3, -0.25) is 10.7 Å². The summed E-state index contributed by atoms with van der Waals surface area (Å²) in [4.78, 5) is 0. The van der Waals surface area contributed by atoms with Gasteiger partial charge >= 0.3 is 0 Å². The van der Waals surface area contributed by atoms with E-state index in [1.165, 1.54) is 0 Å². The van der Waals surface area contributed by atoms with E-state index in [1.54, 1.807) is 5.48 Å². The molecule has 1 aromatic rings. The molecule has 4 heteroatoms. The Morgan fingerprint density at radius 1 is 1.09 bits per heavy atom. The molecule has 0 amide bonds. The summed E-state index contributed by atoms with van der Waals surface area (Å²) in [5.41, 5.74) is 3.78. The van der Waals surface area contributed by atoms with Crippen LogP contribution < -0.4 is 5.48 Å². The number of benzene rings is 1. The van der Waals surface area contributed by atoms with Crippen LogP contribution in [-0.4, -0.2) is 5.21 Å². The van der Waals surface area contributed by atoms with Crippen molar-refractivity contribution in [2.45, 2.75) is 27.7 Å². The third-order valence-electron chi connectivity index (χ3n) is 3.19. The number of anilines is 1. The van der Waals surface area contributed by atoms with Crippen LogP contribution in [0.1, 0.15) is 33.3 Å². The van der Waals surface area contributed by atoms with Gasteiger partial charge in [0.1, 0.15) is 11.6 Å². The van der Waals surface area contributed by atoms with Crippen LogP contribution in [0.25, 0.3) is 5.57 Å². The first-order valence-electron chi connectivity index (χ1n) is 6.99. The Hall–Kier alpha value is -2.20. The third-order valence-corrected chi connectivity index (χ3v) is 3.19. The lowest BCUT2D eigenvalue weighted by molar-refractivity contribution is 0.383. The van der Waals surface area contributed by atoms with E-state index in [2.05, 4.69) is 0 Å². The fraction of sp³-hybridized carbons (Fsp3) is 0.222. The minimum Gasteiger partial charge on any atom is -0.291 e. The molecule has 0 bridgehead atoms. The van der Waals surface area contributed by atoms with Crippen LogP contribution in [-0.2, 0) is 0 Å². The highest BCUT2D eigenvalue weighted by Crippen LogP contribution is 2.32. The predicted octanol–water partition coefficient (Wildman–Crippen LogP) is 5.64. The summed E-state index contributed by atoms with van der Waals surface area (Å²) in [7, 11) is 0. The first kappa shape index (κ1) is 17.9. The molecule has 0 atom stereocenters. The maximum Gasteiger partial charge on any atom is 0.149 e. The van der Waals surface area contributed by atoms with Gasteiger partial charge in [0.05, 0.1) is 5.69 Å². The molecule has 0 aliphatic carbocycles. The van der Waals surface area contributed by atoms with Crippen molar-refractivity contribution < 1.29 is 14.0 Å². The van der Waals surface area contributed by atoms with Crippen LogP contribution in [0.15, 0.2) is 53.7 Å². The average molecular weight is 305 g/mol. The monoisotopic (exact) mass is 305 g/mol. The molecule has 2 nitrogen and oxygen atoms in total. The van der Waals surface area contributed by atoms with Crippen LogP contribution >= 0.6 is 0 Å². The van der Waals surface area contributed by atoms with Gasteiger partial charge in [0.15, 0.2) is 0 Å². The highest BCUT2D eigenvalue weighted by molar-refractivity contribution is 5.83. The first-order chi connectivity index (χ1) is 10.5. The molecule has 0 radical (unpaired) electrons. The summed E-state index contributed by atoms with van der Waals surface area (Å²) < 4.78 is 28.2. The molecule has 0 aliphatic heterocycles. The van der Waals surface area contributed by atoms with Crippen molar-refractivity contribution in [1.29, 1.82) is 0 Å². The smallest absolute Gasteiger partial charge is 0.149 e. The van der Waals surface area contributed by atoms with Gasteiger partial charge in [-0.25, -0.2) is 8.78 Å². The van der Waals surface area contributed by atoms with Gasteiger partial charge in [0.2, 0.25) is 0 Å². The number of rotatable bonds is 5. The standard InChI is InChI=1S/C18H21F2NO/c1-5-7-9-13(4)18(12(3)8-6-2)14-10-16(20)17(21-22)11-15(14)19/h5-11,21-22H,1-4H3/b7-5-,8-6-,13-9+,18-12-. The first-order valence-corrected chi connectivity index (χ1v) is 6.99. The molecule has 1 rings (SSSR count). The predicted molar refractivity (Wildman–Crippen MR) is 87.7 cm³/mol. The average Bonchev–Trinajstić information content (AvgIpc) is 2.48. The summed E-state index contributed by atoms with van der Waals surface area (Å²) >= 11 is 0. The zero-order chi connectivity index (χ0) is 16.7. The maximum absolute atomic E-state index is 14.3. The Balaban J connectivity index is 3.60. The van der Waals surface area contributed by atoms with Gasteiger partial charge in [-0.05, 0) is 50.5 Å². The SMILES string of the molecule is C\C=C/C=C(C)/C(=C(C)/C=C\C)c1cc(F)c(NO)cc1F. The lowest BCUT2D eigenvalue weighted by Crippen LogP contribution is -2.00. The van der Waals surface area contributed by atoms with Gasteiger partial charge in [-0.1, -0.05) is 30.4 Å². The minimum atomic E-state index is -0.719. The molecular weight excluding hydrogens is 284 g/mol. The Bertz CT molecular complexity index is 655. The molecule has 0 heterocycles. The Labute approximate surface area is 130 Å². The van der Waals surface area contributed by atoms with E-state index >= 15 is 0 Å². The summed E-state index contributed by atoms with van der Waals surface area (Å²) in [6.07, 6.45) is 9.24. The summed E-state index contributed by atoms with van der Waals surface area (Å²) in [6, 6.07) is 2.03. The van der Waals surface area contributed by atoms with E-state index in [9.17, 15) is 8.78 Å². The Morgan fingerprint density at radius 2 is 1.77 bits per heavy atom. The number of hydrogen-bond donors (Lipinski definition) is 2. The van der Waals surface area contributed by atoms with Gasteiger partial charge < -0.3 is 0 Å². The van der Waals surface area contributed by atoms with Crippen molar-refractivity contribution >= 4 is 11.3 Å². The lowest BCUT2D eigenvalue weighted by Gasteiger charge is -2.14. The Kier molecular flexibility index (Phi) is 6.73. The zero-order valence-corrected chi connectivity index (χ0v) is 13.2. The maximum atomic E-state index is 14.3. The van der Waals surface area contributed by atoms with Crippen LogP contribution in [0.4, 0.5) is 14.5 Å². The molecule has 22 heavy (non-hydrogen) atoms. The quantitative estimate of drug-likeness (QED) is 0.545. The lowest BCUT2D eigenvalue weighted by atomic mass is 9.93. The molecule has 2 N–H and O–H groups in total. The van der Waals surface area contributed by atoms with Crippen molar-refractivity contribution in [3.8, 4) is 0 Å². The van der Waals surface area contributed by atoms with Crippen LogP contribution in [0.5, 0.6) is 0 Å². The zero-order valence-electron chi connectivity index (χ0n) is 13.2. The molecule has 0 fully saturated rings. The van der Waals surface area contributed by atoms with Gasteiger partial charge in [-0.15, -0.1) is 0 Å². The molecule has 0 spiro atoms. The van der Waals surface area contributed by atoms with Crippen molar-refractivity contribution in [2.24, 2.45) is 0 Å². The van der Waals surface area contributed by atoms with Crippen LogP contribution in [0, 0.1) is 11.6 Å². The molecule has 0 saturated heterocycles. The van der Waals surface area contributed by atoms with Gasteiger partial charge in [-0.2, -0.15) is 0 Å². The number of halogens is 2. The van der Waals surface area contributed by atoms with E-state index in [-0.39, 0.29) is 11.3 Å². The van der Waals surface area contributed by atoms with Crippen molar-refractivity contribution in [3.63, 3.8) is 0 Å². The minimum absolute atomic E-state index is 0.158. The normalized spacial score (nSPS) is 13.9. The molecule has 0 aromatic heterocycles. The van der Waals surface area contributed by atoms with Crippen molar-refractivity contribution in [2.75, 3.05) is 5.48 Å². The van der Waals surface area contributed by atoms with Crippen LogP contribution in [0.2, 0.25) is 0 Å². The highest BCUT2D eigenvalue weighted by atomic mass is 19.1. The van der Waals surface area contributed by atoms with Gasteiger partial charge in [0.25, 0.3) is 0 Å². The number of hydrogen-bond acceptors (Lipinski definition) is 2. The van der Waals surface area contributed by atoms with Crippen molar-refractivity contribution in [1.82, 2.24) is 0 Å². The molecule has 0 saturated carbocycles. The van der Waals surface area contributed by atoms with Gasteiger partial charge in [0, 0.05) is 11.6 Å².